The van der Waals surface area contributed by atoms with Gasteiger partial charge in [-0.1, -0.05) is 43.3 Å². The molecule has 1 unspecified atom stereocenters. The lowest BCUT2D eigenvalue weighted by molar-refractivity contribution is 0.548. The van der Waals surface area contributed by atoms with Gasteiger partial charge in [-0.3, -0.25) is 4.79 Å². The van der Waals surface area contributed by atoms with Gasteiger partial charge in [0.2, 0.25) is 0 Å². The molecule has 0 amide bonds. The molecule has 0 aliphatic rings. The third-order valence-electron chi connectivity index (χ3n) is 2.76. The molecule has 0 aliphatic carbocycles. The number of nitrogens with zero attached hydrogens (tertiary/aromatic N) is 1. The van der Waals surface area contributed by atoms with E-state index in [9.17, 15) is 4.79 Å². The predicted molar refractivity (Wildman–Crippen MR) is 65.6 cm³/mol. The van der Waals surface area contributed by atoms with Crippen LogP contribution < -0.4 is 5.56 Å². The van der Waals surface area contributed by atoms with Crippen LogP contribution in [0.25, 0.3) is 0 Å². The summed E-state index contributed by atoms with van der Waals surface area (Å²) in [6, 6.07) is 15.5. The summed E-state index contributed by atoms with van der Waals surface area (Å²) in [6.07, 6.45) is 2.76. The Morgan fingerprint density at radius 1 is 1.06 bits per heavy atom. The third-order valence-corrected chi connectivity index (χ3v) is 2.76. The van der Waals surface area contributed by atoms with Gasteiger partial charge in [-0.05, 0) is 18.1 Å². The molecular weight excluding hydrogens is 198 g/mol. The minimum absolute atomic E-state index is 0.0539. The summed E-state index contributed by atoms with van der Waals surface area (Å²) in [6.45, 7) is 2.09. The summed E-state index contributed by atoms with van der Waals surface area (Å²) in [5, 5.41) is 0. The van der Waals surface area contributed by atoms with Crippen molar-refractivity contribution >= 4 is 0 Å². The van der Waals surface area contributed by atoms with Gasteiger partial charge in [0, 0.05) is 12.3 Å². The minimum atomic E-state index is 0.0539. The fourth-order valence-corrected chi connectivity index (χ4v) is 1.97. The van der Waals surface area contributed by atoms with Crippen molar-refractivity contribution in [2.45, 2.75) is 19.4 Å². The van der Waals surface area contributed by atoms with E-state index >= 15 is 0 Å². The lowest BCUT2D eigenvalue weighted by atomic mass is 10.0. The first-order chi connectivity index (χ1) is 7.83. The highest BCUT2D eigenvalue weighted by Crippen LogP contribution is 2.19. The number of hydrogen-bond acceptors (Lipinski definition) is 1. The second-order valence-corrected chi connectivity index (χ2v) is 3.78. The van der Waals surface area contributed by atoms with E-state index in [2.05, 4.69) is 19.1 Å². The summed E-state index contributed by atoms with van der Waals surface area (Å²) < 4.78 is 1.79. The minimum Gasteiger partial charge on any atom is -0.308 e. The van der Waals surface area contributed by atoms with Crippen molar-refractivity contribution in [2.24, 2.45) is 0 Å². The van der Waals surface area contributed by atoms with E-state index in [1.807, 2.05) is 30.5 Å². The Kier molecular flexibility index (Phi) is 3.20. The molecule has 0 N–H and O–H groups in total. The first-order valence-electron chi connectivity index (χ1n) is 5.55. The smallest absolute Gasteiger partial charge is 0.251 e. The van der Waals surface area contributed by atoms with Crippen LogP contribution in [0.3, 0.4) is 0 Å². The molecule has 2 rings (SSSR count). The molecule has 0 bridgehead atoms. The maximum absolute atomic E-state index is 11.8. The quantitative estimate of drug-likeness (QED) is 0.768. The molecule has 1 aromatic heterocycles. The molecule has 82 valence electrons. The monoisotopic (exact) mass is 213 g/mol. The van der Waals surface area contributed by atoms with Gasteiger partial charge >= 0.3 is 0 Å². The van der Waals surface area contributed by atoms with Crippen LogP contribution >= 0.6 is 0 Å². The van der Waals surface area contributed by atoms with Crippen LogP contribution in [0.2, 0.25) is 0 Å². The Labute approximate surface area is 95.2 Å². The highest BCUT2D eigenvalue weighted by atomic mass is 16.1. The van der Waals surface area contributed by atoms with E-state index in [1.165, 1.54) is 5.56 Å². The molecule has 2 heteroatoms. The standard InChI is InChI=1S/C14H15NO/c1-2-13(12-8-4-3-5-9-12)15-11-7-6-10-14(15)16/h3-11,13H,2H2,1H3. The number of pyridine rings is 1. The molecule has 1 heterocycles. The largest absolute Gasteiger partial charge is 0.308 e. The van der Waals surface area contributed by atoms with Crippen LogP contribution in [0.1, 0.15) is 24.9 Å². The molecular formula is C14H15NO. The molecule has 2 nitrogen and oxygen atoms in total. The van der Waals surface area contributed by atoms with Gasteiger partial charge in [-0.25, -0.2) is 0 Å². The van der Waals surface area contributed by atoms with E-state index in [0.29, 0.717) is 0 Å². The van der Waals surface area contributed by atoms with Gasteiger partial charge in [0.05, 0.1) is 6.04 Å². The summed E-state index contributed by atoms with van der Waals surface area (Å²) in [4.78, 5) is 11.8. The molecule has 0 saturated heterocycles. The van der Waals surface area contributed by atoms with Crippen LogP contribution in [0.5, 0.6) is 0 Å². The molecule has 1 atom stereocenters. The molecule has 1 aromatic carbocycles. The summed E-state index contributed by atoms with van der Waals surface area (Å²) in [5.74, 6) is 0. The van der Waals surface area contributed by atoms with Crippen LogP contribution in [0.4, 0.5) is 0 Å². The molecule has 0 aliphatic heterocycles. The number of benzene rings is 1. The summed E-state index contributed by atoms with van der Waals surface area (Å²) >= 11 is 0. The van der Waals surface area contributed by atoms with Crippen molar-refractivity contribution < 1.29 is 0 Å². The fourth-order valence-electron chi connectivity index (χ4n) is 1.97. The van der Waals surface area contributed by atoms with Crippen molar-refractivity contribution in [1.82, 2.24) is 4.57 Å². The van der Waals surface area contributed by atoms with Crippen LogP contribution in [-0.2, 0) is 0 Å². The number of aromatic nitrogens is 1. The van der Waals surface area contributed by atoms with E-state index in [0.717, 1.165) is 6.42 Å². The van der Waals surface area contributed by atoms with E-state index in [1.54, 1.807) is 16.7 Å². The molecule has 0 saturated carbocycles. The third kappa shape index (κ3) is 2.06. The fraction of sp³-hybridized carbons (Fsp3) is 0.214. The first kappa shape index (κ1) is 10.7. The van der Waals surface area contributed by atoms with Crippen LogP contribution in [-0.4, -0.2) is 4.57 Å². The zero-order valence-corrected chi connectivity index (χ0v) is 9.34. The van der Waals surface area contributed by atoms with Crippen molar-refractivity contribution in [1.29, 1.82) is 0 Å². The Morgan fingerprint density at radius 3 is 2.38 bits per heavy atom. The molecule has 0 radical (unpaired) electrons. The van der Waals surface area contributed by atoms with Gasteiger partial charge in [0.15, 0.2) is 0 Å². The Balaban J connectivity index is 2.45. The highest BCUT2D eigenvalue weighted by molar-refractivity contribution is 5.20. The predicted octanol–water partition coefficient (Wildman–Crippen LogP) is 2.85. The van der Waals surface area contributed by atoms with Crippen molar-refractivity contribution in [3.8, 4) is 0 Å². The van der Waals surface area contributed by atoms with E-state index < -0.39 is 0 Å². The Morgan fingerprint density at radius 2 is 1.75 bits per heavy atom. The van der Waals surface area contributed by atoms with Crippen LogP contribution in [0.15, 0.2) is 59.5 Å². The summed E-state index contributed by atoms with van der Waals surface area (Å²) in [5.41, 5.74) is 1.23. The topological polar surface area (TPSA) is 22.0 Å². The SMILES string of the molecule is CCC(c1ccccc1)n1ccccc1=O. The van der Waals surface area contributed by atoms with E-state index in [-0.39, 0.29) is 11.6 Å². The van der Waals surface area contributed by atoms with Gasteiger partial charge in [0.1, 0.15) is 0 Å². The van der Waals surface area contributed by atoms with E-state index in [4.69, 9.17) is 0 Å². The molecule has 0 spiro atoms. The lowest BCUT2D eigenvalue weighted by Gasteiger charge is -2.18. The van der Waals surface area contributed by atoms with Gasteiger partial charge < -0.3 is 4.57 Å². The number of hydrogen-bond donors (Lipinski definition) is 0. The Bertz CT molecular complexity index is 501. The van der Waals surface area contributed by atoms with Gasteiger partial charge in [0.25, 0.3) is 5.56 Å². The highest BCUT2D eigenvalue weighted by Gasteiger charge is 2.11. The first-order valence-corrected chi connectivity index (χ1v) is 5.55. The molecule has 2 aromatic rings. The lowest BCUT2D eigenvalue weighted by Crippen LogP contribution is -2.23. The van der Waals surface area contributed by atoms with Crippen molar-refractivity contribution in [3.63, 3.8) is 0 Å². The molecule has 0 fully saturated rings. The van der Waals surface area contributed by atoms with Gasteiger partial charge in [-0.15, -0.1) is 0 Å². The average molecular weight is 213 g/mol. The average Bonchev–Trinajstić information content (AvgIpc) is 2.34. The number of rotatable bonds is 3. The maximum atomic E-state index is 11.8. The van der Waals surface area contributed by atoms with Crippen molar-refractivity contribution in [2.75, 3.05) is 0 Å². The normalized spacial score (nSPS) is 12.3. The maximum Gasteiger partial charge on any atom is 0.251 e. The second-order valence-electron chi connectivity index (χ2n) is 3.78. The Hall–Kier alpha value is -1.83. The van der Waals surface area contributed by atoms with Crippen LogP contribution in [0, 0.1) is 0 Å². The second kappa shape index (κ2) is 4.79. The zero-order valence-electron chi connectivity index (χ0n) is 9.34. The van der Waals surface area contributed by atoms with Gasteiger partial charge in [-0.2, -0.15) is 0 Å². The zero-order chi connectivity index (χ0) is 11.4. The summed E-state index contributed by atoms with van der Waals surface area (Å²) in [7, 11) is 0. The van der Waals surface area contributed by atoms with Crippen molar-refractivity contribution in [3.05, 3.63) is 70.6 Å². The molecule has 16 heavy (non-hydrogen) atoms.